The topological polar surface area (TPSA) is 0 Å². The summed E-state index contributed by atoms with van der Waals surface area (Å²) in [5.41, 5.74) is 10.6. The molecule has 40 heavy (non-hydrogen) atoms. The molecule has 0 N–H and O–H groups in total. The Balaban J connectivity index is 1.85. The van der Waals surface area contributed by atoms with Gasteiger partial charge in [0.2, 0.25) is 0 Å². The van der Waals surface area contributed by atoms with Gasteiger partial charge in [-0.2, -0.15) is 0 Å². The van der Waals surface area contributed by atoms with Gasteiger partial charge in [0, 0.05) is 0 Å². The van der Waals surface area contributed by atoms with Gasteiger partial charge in [0.25, 0.3) is 0 Å². The van der Waals surface area contributed by atoms with Gasteiger partial charge in [0.1, 0.15) is 0 Å². The van der Waals surface area contributed by atoms with Gasteiger partial charge in [-0.15, -0.1) is 0 Å². The molecule has 0 fully saturated rings. The summed E-state index contributed by atoms with van der Waals surface area (Å²) in [4.78, 5) is 0. The Morgan fingerprint density at radius 2 is 1.30 bits per heavy atom. The maximum atomic E-state index is 3.98. The lowest BCUT2D eigenvalue weighted by Crippen LogP contribution is -2.14. The van der Waals surface area contributed by atoms with Crippen LogP contribution in [0, 0.1) is 0 Å². The van der Waals surface area contributed by atoms with Crippen LogP contribution in [-0.4, -0.2) is 0 Å². The van der Waals surface area contributed by atoms with E-state index in [1.165, 1.54) is 66.1 Å². The smallest absolute Gasteiger partial charge is 0.00234 e. The molecule has 0 amide bonds. The van der Waals surface area contributed by atoms with Gasteiger partial charge in [-0.1, -0.05) is 150 Å². The van der Waals surface area contributed by atoms with Gasteiger partial charge < -0.3 is 0 Å². The van der Waals surface area contributed by atoms with E-state index in [4.69, 9.17) is 0 Å². The van der Waals surface area contributed by atoms with E-state index in [0.29, 0.717) is 0 Å². The number of hydrogen-bond donors (Lipinski definition) is 0. The van der Waals surface area contributed by atoms with E-state index in [1.54, 1.807) is 0 Å². The van der Waals surface area contributed by atoms with Crippen LogP contribution in [0.2, 0.25) is 0 Å². The van der Waals surface area contributed by atoms with Crippen molar-refractivity contribution in [1.29, 1.82) is 0 Å². The molecule has 0 aliphatic carbocycles. The fraction of sp³-hybridized carbons (Fsp3) is 0.200. The third-order valence-corrected chi connectivity index (χ3v) is 8.52. The zero-order valence-corrected chi connectivity index (χ0v) is 24.6. The van der Waals surface area contributed by atoms with Crippen LogP contribution in [0.25, 0.3) is 49.4 Å². The summed E-state index contributed by atoms with van der Waals surface area (Å²) >= 11 is 0. The minimum Gasteiger partial charge on any atom is -0.0990 e. The predicted molar refractivity (Wildman–Crippen MR) is 178 cm³/mol. The van der Waals surface area contributed by atoms with Crippen molar-refractivity contribution in [3.8, 4) is 22.3 Å². The lowest BCUT2D eigenvalue weighted by Gasteiger charge is -2.24. The van der Waals surface area contributed by atoms with Crippen molar-refractivity contribution >= 4 is 27.1 Å². The molecular weight excluding hydrogens is 480 g/mol. The van der Waals surface area contributed by atoms with Gasteiger partial charge in [-0.3, -0.25) is 0 Å². The average Bonchev–Trinajstić information content (AvgIpc) is 2.99. The molecule has 0 spiro atoms. The number of rotatable bonds is 8. The molecule has 0 aliphatic rings. The summed E-state index contributed by atoms with van der Waals surface area (Å²) in [5.74, 6) is 0. The van der Waals surface area contributed by atoms with E-state index >= 15 is 0 Å². The van der Waals surface area contributed by atoms with Crippen molar-refractivity contribution in [1.82, 2.24) is 0 Å². The van der Waals surface area contributed by atoms with Gasteiger partial charge in [0.05, 0.1) is 0 Å². The summed E-state index contributed by atoms with van der Waals surface area (Å²) in [7, 11) is 0. The van der Waals surface area contributed by atoms with Crippen molar-refractivity contribution < 1.29 is 0 Å². The zero-order chi connectivity index (χ0) is 28.3. The quantitative estimate of drug-likeness (QED) is 0.141. The van der Waals surface area contributed by atoms with E-state index in [9.17, 15) is 0 Å². The molecule has 5 aromatic carbocycles. The van der Waals surface area contributed by atoms with Crippen LogP contribution in [-0.2, 0) is 11.8 Å². The van der Waals surface area contributed by atoms with E-state index in [-0.39, 0.29) is 5.41 Å². The lowest BCUT2D eigenvalue weighted by atomic mass is 9.80. The summed E-state index contributed by atoms with van der Waals surface area (Å²) < 4.78 is 0. The van der Waals surface area contributed by atoms with E-state index in [1.807, 2.05) is 6.08 Å². The fourth-order valence-corrected chi connectivity index (χ4v) is 6.04. The van der Waals surface area contributed by atoms with Crippen molar-refractivity contribution in [3.05, 3.63) is 139 Å². The normalized spacial score (nSPS) is 12.5. The van der Waals surface area contributed by atoms with E-state index < -0.39 is 0 Å². The Morgan fingerprint density at radius 3 is 1.80 bits per heavy atom. The first-order valence-corrected chi connectivity index (χ1v) is 14.6. The Labute approximate surface area is 240 Å². The summed E-state index contributed by atoms with van der Waals surface area (Å²) in [5, 5.41) is 5.17. The second-order valence-electron chi connectivity index (χ2n) is 11.2. The molecule has 0 saturated carbocycles. The molecule has 0 bridgehead atoms. The standard InChI is InChI=1S/C40H40/c1-7-16-28(17-8-2)32-22-15-23-33(31(32)9-3)39-36-20-13-11-18-34(36)38(35-19-12-14-21-37(35)39)29-24-26-30(27-25-29)40(5,6)10-4/h7-8,11-27H,1,9-10H2,2-6H3/b17-8-,28-16+. The minimum absolute atomic E-state index is 0.167. The maximum absolute atomic E-state index is 3.98. The number of allylic oxidation sites excluding steroid dienone is 5. The Morgan fingerprint density at radius 1 is 0.725 bits per heavy atom. The van der Waals surface area contributed by atoms with Crippen molar-refractivity contribution in [2.75, 3.05) is 0 Å². The molecule has 0 saturated heterocycles. The first kappa shape index (κ1) is 27.4. The Bertz CT molecular complexity index is 1680. The number of benzene rings is 5. The predicted octanol–water partition coefficient (Wildman–Crippen LogP) is 11.7. The van der Waals surface area contributed by atoms with Crippen LogP contribution >= 0.6 is 0 Å². The molecule has 0 unspecified atom stereocenters. The molecule has 0 atom stereocenters. The molecule has 0 aliphatic heterocycles. The first-order chi connectivity index (χ1) is 19.4. The summed E-state index contributed by atoms with van der Waals surface area (Å²) in [6.07, 6.45) is 10.3. The van der Waals surface area contributed by atoms with E-state index in [2.05, 4.69) is 150 Å². The summed E-state index contributed by atoms with van der Waals surface area (Å²) in [6, 6.07) is 33.9. The van der Waals surface area contributed by atoms with Crippen LogP contribution in [0.15, 0.2) is 122 Å². The SMILES string of the molecule is C=C/C=C(\C=C/C)c1cccc(-c2c3ccccc3c(-c3ccc(C(C)(C)CC)cc3)c3ccccc23)c1CC. The first-order valence-electron chi connectivity index (χ1n) is 14.6. The zero-order valence-electron chi connectivity index (χ0n) is 24.6. The Hall–Kier alpha value is -4.16. The summed E-state index contributed by atoms with van der Waals surface area (Å²) in [6.45, 7) is 15.2. The number of hydrogen-bond acceptors (Lipinski definition) is 0. The molecule has 0 radical (unpaired) electrons. The Kier molecular flexibility index (Phi) is 7.90. The second-order valence-corrected chi connectivity index (χ2v) is 11.2. The fourth-order valence-electron chi connectivity index (χ4n) is 6.04. The highest BCUT2D eigenvalue weighted by molar-refractivity contribution is 6.21. The lowest BCUT2D eigenvalue weighted by molar-refractivity contribution is 0.506. The highest BCUT2D eigenvalue weighted by atomic mass is 14.2. The molecular formula is C40H40. The van der Waals surface area contributed by atoms with Crippen molar-refractivity contribution in [3.63, 3.8) is 0 Å². The second kappa shape index (κ2) is 11.5. The van der Waals surface area contributed by atoms with Crippen LogP contribution in [0.3, 0.4) is 0 Å². The maximum Gasteiger partial charge on any atom is -0.00234 e. The monoisotopic (exact) mass is 520 g/mol. The van der Waals surface area contributed by atoms with Gasteiger partial charge in [-0.05, 0) is 91.2 Å². The highest BCUT2D eigenvalue weighted by Gasteiger charge is 2.21. The number of fused-ring (bicyclic) bond motifs is 2. The molecule has 200 valence electrons. The third kappa shape index (κ3) is 4.84. The molecule has 0 heterocycles. The molecule has 0 heteroatoms. The largest absolute Gasteiger partial charge is 0.0990 e. The van der Waals surface area contributed by atoms with Gasteiger partial charge in [0.15, 0.2) is 0 Å². The molecule has 5 aromatic rings. The third-order valence-electron chi connectivity index (χ3n) is 8.52. The van der Waals surface area contributed by atoms with Crippen molar-refractivity contribution in [2.45, 2.75) is 52.9 Å². The van der Waals surface area contributed by atoms with Crippen LogP contribution < -0.4 is 0 Å². The molecule has 0 aromatic heterocycles. The van der Waals surface area contributed by atoms with Crippen LogP contribution in [0.1, 0.15) is 57.7 Å². The molecule has 5 rings (SSSR count). The minimum atomic E-state index is 0.167. The van der Waals surface area contributed by atoms with Gasteiger partial charge >= 0.3 is 0 Å². The van der Waals surface area contributed by atoms with E-state index in [0.717, 1.165) is 12.8 Å². The van der Waals surface area contributed by atoms with Crippen LogP contribution in [0.5, 0.6) is 0 Å². The average molecular weight is 521 g/mol. The molecule has 0 nitrogen and oxygen atoms in total. The van der Waals surface area contributed by atoms with Crippen LogP contribution in [0.4, 0.5) is 0 Å². The van der Waals surface area contributed by atoms with Gasteiger partial charge in [-0.25, -0.2) is 0 Å². The van der Waals surface area contributed by atoms with Crippen molar-refractivity contribution in [2.24, 2.45) is 0 Å². The highest BCUT2D eigenvalue weighted by Crippen LogP contribution is 2.45.